The molecule has 0 fully saturated rings. The minimum absolute atomic E-state index is 0.157. The number of carbonyl (C=O) groups is 3. The van der Waals surface area contributed by atoms with Gasteiger partial charge in [0.25, 0.3) is 11.8 Å². The predicted molar refractivity (Wildman–Crippen MR) is 123 cm³/mol. The van der Waals surface area contributed by atoms with Gasteiger partial charge in [0.05, 0.1) is 22.6 Å². The Morgan fingerprint density at radius 3 is 2.58 bits per heavy atom. The quantitative estimate of drug-likeness (QED) is 0.396. The third-order valence-electron chi connectivity index (χ3n) is 4.50. The summed E-state index contributed by atoms with van der Waals surface area (Å²) < 4.78 is 11.8. The van der Waals surface area contributed by atoms with Gasteiger partial charge in [-0.25, -0.2) is 9.48 Å². The van der Waals surface area contributed by atoms with Crippen LogP contribution in [0.15, 0.2) is 65.3 Å². The Hall–Kier alpha value is -4.18. The Morgan fingerprint density at radius 1 is 1.06 bits per heavy atom. The molecule has 0 saturated heterocycles. The summed E-state index contributed by atoms with van der Waals surface area (Å²) in [4.78, 5) is 37.0. The summed E-state index contributed by atoms with van der Waals surface area (Å²) in [6.07, 6.45) is 1.40. The summed E-state index contributed by atoms with van der Waals surface area (Å²) in [6.45, 7) is 3.33. The molecular formula is C23H20N4O5S. The van der Waals surface area contributed by atoms with Crippen LogP contribution in [0.4, 0.5) is 10.8 Å². The van der Waals surface area contributed by atoms with E-state index in [0.717, 1.165) is 28.3 Å². The first-order chi connectivity index (χ1) is 15.9. The number of benzene rings is 1. The van der Waals surface area contributed by atoms with Crippen LogP contribution >= 0.6 is 11.3 Å². The van der Waals surface area contributed by atoms with Crippen molar-refractivity contribution in [1.29, 1.82) is 0 Å². The first kappa shape index (κ1) is 22.0. The highest BCUT2D eigenvalue weighted by Gasteiger charge is 2.17. The minimum atomic E-state index is -0.670. The normalized spacial score (nSPS) is 10.6. The molecule has 4 rings (SSSR count). The van der Waals surface area contributed by atoms with Crippen LogP contribution in [0.5, 0.6) is 0 Å². The molecule has 0 spiro atoms. The van der Waals surface area contributed by atoms with Crippen LogP contribution in [0.2, 0.25) is 0 Å². The maximum Gasteiger partial charge on any atom is 0.348 e. The topological polar surface area (TPSA) is 115 Å². The maximum atomic E-state index is 12.4. The number of rotatable bonds is 7. The number of aromatic nitrogens is 2. The first-order valence-electron chi connectivity index (χ1n) is 9.94. The highest BCUT2D eigenvalue weighted by atomic mass is 32.1. The number of hydrogen-bond donors (Lipinski definition) is 2. The molecule has 0 aliphatic heterocycles. The highest BCUT2D eigenvalue weighted by Crippen LogP contribution is 2.23. The number of carbonyl (C=O) groups excluding carboxylic acids is 3. The van der Waals surface area contributed by atoms with Gasteiger partial charge in [0, 0.05) is 6.07 Å². The van der Waals surface area contributed by atoms with Crippen molar-refractivity contribution < 1.29 is 23.5 Å². The smallest absolute Gasteiger partial charge is 0.348 e. The number of thiophene rings is 1. The standard InChI is InChI=1S/C23H20N4O5S/c1-14-5-7-16(8-6-14)27-19(12-15(2)26-27)24-20(28)13-32-23(30)18-9-10-21(33-18)25-22(29)17-4-3-11-31-17/h3-12H,13H2,1-2H3,(H,24,28)(H,25,29). The zero-order valence-corrected chi connectivity index (χ0v) is 18.6. The van der Waals surface area contributed by atoms with Crippen molar-refractivity contribution >= 4 is 39.9 Å². The number of aryl methyl sites for hydroxylation is 2. The lowest BCUT2D eigenvalue weighted by Gasteiger charge is -2.09. The number of nitrogens with one attached hydrogen (secondary N) is 2. The van der Waals surface area contributed by atoms with Crippen molar-refractivity contribution in [2.75, 3.05) is 17.2 Å². The molecule has 0 aliphatic carbocycles. The Bertz CT molecular complexity index is 1290. The fourth-order valence-electron chi connectivity index (χ4n) is 2.95. The summed E-state index contributed by atoms with van der Waals surface area (Å²) in [5, 5.41) is 10.2. The van der Waals surface area contributed by atoms with Gasteiger partial charge >= 0.3 is 5.97 Å². The molecule has 9 nitrogen and oxygen atoms in total. The van der Waals surface area contributed by atoms with Crippen molar-refractivity contribution in [2.45, 2.75) is 13.8 Å². The van der Waals surface area contributed by atoms with Gasteiger partial charge < -0.3 is 19.8 Å². The van der Waals surface area contributed by atoms with E-state index in [4.69, 9.17) is 9.15 Å². The van der Waals surface area contributed by atoms with Crippen molar-refractivity contribution in [3.8, 4) is 5.69 Å². The molecule has 2 N–H and O–H groups in total. The van der Waals surface area contributed by atoms with E-state index in [1.807, 2.05) is 38.1 Å². The third kappa shape index (κ3) is 5.36. The zero-order chi connectivity index (χ0) is 23.4. The molecule has 1 aromatic carbocycles. The molecule has 33 heavy (non-hydrogen) atoms. The van der Waals surface area contributed by atoms with Crippen molar-refractivity contribution in [1.82, 2.24) is 9.78 Å². The minimum Gasteiger partial charge on any atom is -0.459 e. The average molecular weight is 465 g/mol. The van der Waals surface area contributed by atoms with E-state index in [2.05, 4.69) is 15.7 Å². The van der Waals surface area contributed by atoms with Gasteiger partial charge in [-0.1, -0.05) is 17.7 Å². The van der Waals surface area contributed by atoms with Crippen molar-refractivity contribution in [3.05, 3.63) is 82.8 Å². The van der Waals surface area contributed by atoms with E-state index in [0.29, 0.717) is 10.8 Å². The molecule has 2 amide bonds. The van der Waals surface area contributed by atoms with Crippen LogP contribution in [-0.2, 0) is 9.53 Å². The van der Waals surface area contributed by atoms with Gasteiger partial charge in [-0.2, -0.15) is 5.10 Å². The monoisotopic (exact) mass is 464 g/mol. The van der Waals surface area contributed by atoms with Crippen LogP contribution in [0.25, 0.3) is 5.69 Å². The molecule has 168 valence electrons. The largest absolute Gasteiger partial charge is 0.459 e. The second-order valence-corrected chi connectivity index (χ2v) is 8.22. The number of nitrogens with zero attached hydrogens (tertiary/aromatic N) is 2. The number of ether oxygens (including phenoxy) is 1. The summed E-state index contributed by atoms with van der Waals surface area (Å²) in [6, 6.07) is 15.6. The molecule has 0 aliphatic rings. The summed E-state index contributed by atoms with van der Waals surface area (Å²) in [5.41, 5.74) is 2.63. The summed E-state index contributed by atoms with van der Waals surface area (Å²) in [7, 11) is 0. The van der Waals surface area contributed by atoms with Crippen molar-refractivity contribution in [2.24, 2.45) is 0 Å². The lowest BCUT2D eigenvalue weighted by molar-refractivity contribution is -0.119. The van der Waals surface area contributed by atoms with Crippen LogP contribution < -0.4 is 10.6 Å². The zero-order valence-electron chi connectivity index (χ0n) is 17.8. The SMILES string of the molecule is Cc1ccc(-n2nc(C)cc2NC(=O)COC(=O)c2ccc(NC(=O)c3ccco3)s2)cc1. The number of amides is 2. The molecule has 0 unspecified atom stereocenters. The maximum absolute atomic E-state index is 12.4. The van der Waals surface area contributed by atoms with Crippen LogP contribution in [0.1, 0.15) is 31.5 Å². The van der Waals surface area contributed by atoms with E-state index in [1.54, 1.807) is 22.9 Å². The molecular weight excluding hydrogens is 444 g/mol. The van der Waals surface area contributed by atoms with Crippen LogP contribution in [-0.4, -0.2) is 34.2 Å². The molecule has 0 radical (unpaired) electrons. The average Bonchev–Trinajstić information content (AvgIpc) is 3.54. The van der Waals surface area contributed by atoms with Gasteiger partial charge in [0.15, 0.2) is 12.4 Å². The van der Waals surface area contributed by atoms with Gasteiger partial charge in [0.1, 0.15) is 10.7 Å². The number of furan rings is 1. The van der Waals surface area contributed by atoms with E-state index in [1.165, 1.54) is 18.4 Å². The molecule has 10 heteroatoms. The molecule has 0 atom stereocenters. The van der Waals surface area contributed by atoms with Gasteiger partial charge in [-0.05, 0) is 50.2 Å². The molecule has 3 heterocycles. The molecule has 0 saturated carbocycles. The summed E-state index contributed by atoms with van der Waals surface area (Å²) >= 11 is 1.03. The number of anilines is 2. The molecule has 0 bridgehead atoms. The molecule has 4 aromatic rings. The van der Waals surface area contributed by atoms with E-state index in [-0.39, 0.29) is 10.6 Å². The van der Waals surface area contributed by atoms with E-state index >= 15 is 0 Å². The van der Waals surface area contributed by atoms with Crippen LogP contribution in [0, 0.1) is 13.8 Å². The van der Waals surface area contributed by atoms with Crippen molar-refractivity contribution in [3.63, 3.8) is 0 Å². The number of esters is 1. The first-order valence-corrected chi connectivity index (χ1v) is 10.8. The van der Waals surface area contributed by atoms with Crippen LogP contribution in [0.3, 0.4) is 0 Å². The Morgan fingerprint density at radius 2 is 1.85 bits per heavy atom. The second kappa shape index (κ2) is 9.53. The fraction of sp³-hybridized carbons (Fsp3) is 0.130. The summed E-state index contributed by atoms with van der Waals surface area (Å²) in [5.74, 6) is -0.973. The Balaban J connectivity index is 1.33. The van der Waals surface area contributed by atoms with Gasteiger partial charge in [-0.3, -0.25) is 9.59 Å². The van der Waals surface area contributed by atoms with Gasteiger partial charge in [-0.15, -0.1) is 11.3 Å². The third-order valence-corrected chi connectivity index (χ3v) is 5.48. The lowest BCUT2D eigenvalue weighted by atomic mass is 10.2. The van der Waals surface area contributed by atoms with Gasteiger partial charge in [0.2, 0.25) is 0 Å². The second-order valence-electron chi connectivity index (χ2n) is 7.14. The lowest BCUT2D eigenvalue weighted by Crippen LogP contribution is -2.22. The number of hydrogen-bond acceptors (Lipinski definition) is 7. The molecule has 3 aromatic heterocycles. The van der Waals surface area contributed by atoms with E-state index < -0.39 is 24.4 Å². The Kier molecular flexibility index (Phi) is 6.36. The Labute approximate surface area is 193 Å². The predicted octanol–water partition coefficient (Wildman–Crippen LogP) is 4.19. The van der Waals surface area contributed by atoms with E-state index in [9.17, 15) is 14.4 Å². The fourth-order valence-corrected chi connectivity index (χ4v) is 3.74. The highest BCUT2D eigenvalue weighted by molar-refractivity contribution is 7.18.